The third kappa shape index (κ3) is 6.24. The second-order valence-electron chi connectivity index (χ2n) is 9.89. The van der Waals surface area contributed by atoms with Gasteiger partial charge in [-0.15, -0.1) is 0 Å². The first kappa shape index (κ1) is 26.4. The minimum Gasteiger partial charge on any atom is -0.442 e. The largest absolute Gasteiger partial charge is 0.442 e. The molecule has 0 radical (unpaired) electrons. The first-order valence-corrected chi connectivity index (χ1v) is 12.4. The lowest BCUT2D eigenvalue weighted by atomic mass is 10.1. The molecule has 0 aliphatic heterocycles. The number of hydrogen-bond acceptors (Lipinski definition) is 9. The molecule has 4 heterocycles. The van der Waals surface area contributed by atoms with Gasteiger partial charge in [-0.1, -0.05) is 5.92 Å². The monoisotopic (exact) mass is 536 g/mol. The van der Waals surface area contributed by atoms with Crippen molar-refractivity contribution in [1.82, 2.24) is 34.7 Å². The van der Waals surface area contributed by atoms with E-state index in [1.54, 1.807) is 68.5 Å². The molecule has 0 aliphatic carbocycles. The number of carbonyl (C=O) groups is 1. The Kier molecular flexibility index (Phi) is 7.16. The van der Waals surface area contributed by atoms with Crippen LogP contribution in [-0.4, -0.2) is 53.4 Å². The number of anilines is 1. The fourth-order valence-electron chi connectivity index (χ4n) is 3.72. The maximum atomic E-state index is 13.2. The normalized spacial score (nSPS) is 11.1. The Morgan fingerprint density at radius 3 is 2.60 bits per heavy atom. The maximum Gasteiger partial charge on any atom is 0.435 e. The Labute approximate surface area is 229 Å². The lowest BCUT2D eigenvalue weighted by Crippen LogP contribution is -2.27. The van der Waals surface area contributed by atoms with Gasteiger partial charge in [0.05, 0.1) is 30.1 Å². The van der Waals surface area contributed by atoms with Gasteiger partial charge in [-0.3, -0.25) is 4.98 Å². The highest BCUT2D eigenvalue weighted by Gasteiger charge is 2.20. The van der Waals surface area contributed by atoms with Crippen LogP contribution < -0.4 is 4.90 Å². The number of fused-ring (bicyclic) bond motifs is 1. The van der Waals surface area contributed by atoms with E-state index >= 15 is 0 Å². The van der Waals surface area contributed by atoms with Gasteiger partial charge < -0.3 is 9.64 Å². The van der Waals surface area contributed by atoms with Crippen molar-refractivity contribution in [2.24, 2.45) is 0 Å². The molecule has 0 spiro atoms. The van der Waals surface area contributed by atoms with Crippen molar-refractivity contribution in [2.75, 3.05) is 11.9 Å². The highest BCUT2D eigenvalue weighted by Crippen LogP contribution is 2.19. The van der Waals surface area contributed by atoms with E-state index in [0.29, 0.717) is 40.9 Å². The number of halogens is 1. The van der Waals surface area contributed by atoms with Crippen LogP contribution in [0.3, 0.4) is 0 Å². The Hall–Kier alpha value is -5.24. The third-order valence-electron chi connectivity index (χ3n) is 5.53. The van der Waals surface area contributed by atoms with Crippen LogP contribution in [0.15, 0.2) is 67.3 Å². The average Bonchev–Trinajstić information content (AvgIpc) is 3.36. The molecule has 0 saturated heterocycles. The molecular weight excluding hydrogens is 511 g/mol. The molecule has 5 rings (SSSR count). The number of aromatic nitrogens is 7. The zero-order valence-corrected chi connectivity index (χ0v) is 22.3. The number of nitrogens with zero attached hydrogens (tertiary/aromatic N) is 8. The average molecular weight is 537 g/mol. The molecule has 4 aromatic heterocycles. The smallest absolute Gasteiger partial charge is 0.435 e. The first-order chi connectivity index (χ1) is 19.1. The molecule has 40 heavy (non-hydrogen) atoms. The minimum absolute atomic E-state index is 0.389. The SMILES string of the molecule is CN(Cc1ccc(F)cn1)c1nccc(-c2nccc(C#Cc3ccc4c(cnn4C(=O)OC(C)(C)C)c3)n2)n1. The highest BCUT2D eigenvalue weighted by molar-refractivity contribution is 5.88. The lowest BCUT2D eigenvalue weighted by molar-refractivity contribution is 0.0522. The molecule has 11 heteroatoms. The van der Waals surface area contributed by atoms with Gasteiger partial charge in [-0.05, 0) is 69.2 Å². The van der Waals surface area contributed by atoms with Gasteiger partial charge in [-0.2, -0.15) is 9.78 Å². The number of hydrogen-bond donors (Lipinski definition) is 0. The second-order valence-corrected chi connectivity index (χ2v) is 9.89. The van der Waals surface area contributed by atoms with E-state index < -0.39 is 11.7 Å². The molecule has 5 aromatic rings. The summed E-state index contributed by atoms with van der Waals surface area (Å²) in [6, 6.07) is 11.8. The van der Waals surface area contributed by atoms with Crippen molar-refractivity contribution in [3.8, 4) is 23.4 Å². The number of carbonyl (C=O) groups excluding carboxylic acids is 1. The summed E-state index contributed by atoms with van der Waals surface area (Å²) >= 11 is 0. The van der Waals surface area contributed by atoms with Crippen LogP contribution in [0.5, 0.6) is 0 Å². The number of benzene rings is 1. The lowest BCUT2D eigenvalue weighted by Gasteiger charge is -2.19. The summed E-state index contributed by atoms with van der Waals surface area (Å²) in [7, 11) is 1.82. The van der Waals surface area contributed by atoms with Crippen LogP contribution in [0.2, 0.25) is 0 Å². The maximum absolute atomic E-state index is 13.2. The van der Waals surface area contributed by atoms with Gasteiger partial charge in [0.25, 0.3) is 0 Å². The van der Waals surface area contributed by atoms with Crippen molar-refractivity contribution < 1.29 is 13.9 Å². The number of ether oxygens (including phenoxy) is 1. The molecule has 10 nitrogen and oxygen atoms in total. The van der Waals surface area contributed by atoms with E-state index in [1.165, 1.54) is 16.9 Å². The van der Waals surface area contributed by atoms with Crippen molar-refractivity contribution in [2.45, 2.75) is 32.9 Å². The molecule has 0 bridgehead atoms. The molecule has 0 saturated carbocycles. The van der Waals surface area contributed by atoms with Crippen LogP contribution >= 0.6 is 0 Å². The zero-order valence-electron chi connectivity index (χ0n) is 22.3. The van der Waals surface area contributed by atoms with Gasteiger partial charge in [-0.25, -0.2) is 29.1 Å². The van der Waals surface area contributed by atoms with E-state index in [2.05, 4.69) is 41.9 Å². The summed E-state index contributed by atoms with van der Waals surface area (Å²) in [5, 5.41) is 4.93. The van der Waals surface area contributed by atoms with Crippen LogP contribution in [0.25, 0.3) is 22.4 Å². The quantitative estimate of drug-likeness (QED) is 0.303. The Balaban J connectivity index is 1.33. The minimum atomic E-state index is -0.623. The van der Waals surface area contributed by atoms with E-state index in [9.17, 15) is 9.18 Å². The van der Waals surface area contributed by atoms with Gasteiger partial charge in [0.15, 0.2) is 5.82 Å². The van der Waals surface area contributed by atoms with Gasteiger partial charge in [0.1, 0.15) is 22.8 Å². The van der Waals surface area contributed by atoms with Gasteiger partial charge in [0.2, 0.25) is 5.95 Å². The molecule has 1 aromatic carbocycles. The predicted octanol–water partition coefficient (Wildman–Crippen LogP) is 4.64. The number of pyridine rings is 1. The van der Waals surface area contributed by atoms with Crippen LogP contribution in [-0.2, 0) is 11.3 Å². The Bertz CT molecular complexity index is 1750. The van der Waals surface area contributed by atoms with E-state index in [4.69, 9.17) is 4.74 Å². The number of rotatable bonds is 4. The topological polar surface area (TPSA) is 112 Å². The molecule has 0 unspecified atom stereocenters. The van der Waals surface area contributed by atoms with E-state index in [0.717, 1.165) is 10.9 Å². The summed E-state index contributed by atoms with van der Waals surface area (Å²) in [5.74, 6) is 6.62. The fourth-order valence-corrected chi connectivity index (χ4v) is 3.72. The summed E-state index contributed by atoms with van der Waals surface area (Å²) in [4.78, 5) is 36.1. The fraction of sp³-hybridized carbons (Fsp3) is 0.207. The predicted molar refractivity (Wildman–Crippen MR) is 147 cm³/mol. The molecule has 0 fully saturated rings. The summed E-state index contributed by atoms with van der Waals surface area (Å²) in [6.45, 7) is 5.81. The summed E-state index contributed by atoms with van der Waals surface area (Å²) < 4.78 is 19.8. The standard InChI is InChI=1S/C29H25FN8O2/c1-29(2,3)40-28(39)38-25-10-6-19(15-20(25)16-34-38)5-8-22-11-13-31-26(35-22)24-12-14-32-27(36-24)37(4)18-23-9-7-21(30)17-33-23/h6-7,9-17H,18H2,1-4H3. The Morgan fingerprint density at radius 2 is 1.82 bits per heavy atom. The molecule has 0 N–H and O–H groups in total. The van der Waals surface area contributed by atoms with Gasteiger partial charge >= 0.3 is 6.09 Å². The summed E-state index contributed by atoms with van der Waals surface area (Å²) in [5.41, 5.74) is 2.46. The van der Waals surface area contributed by atoms with E-state index in [1.807, 2.05) is 19.2 Å². The molecular formula is C29H25FN8O2. The molecule has 200 valence electrons. The Morgan fingerprint density at radius 1 is 1.00 bits per heavy atom. The second kappa shape index (κ2) is 10.9. The van der Waals surface area contributed by atoms with Crippen molar-refractivity contribution in [1.29, 1.82) is 0 Å². The zero-order chi connectivity index (χ0) is 28.3. The van der Waals surface area contributed by atoms with Crippen molar-refractivity contribution in [3.05, 3.63) is 90.0 Å². The first-order valence-electron chi connectivity index (χ1n) is 12.4. The van der Waals surface area contributed by atoms with Crippen LogP contribution in [0.1, 0.15) is 37.7 Å². The third-order valence-corrected chi connectivity index (χ3v) is 5.53. The van der Waals surface area contributed by atoms with Crippen LogP contribution in [0.4, 0.5) is 15.1 Å². The van der Waals surface area contributed by atoms with Gasteiger partial charge in [0, 0.05) is 30.4 Å². The van der Waals surface area contributed by atoms with E-state index in [-0.39, 0.29) is 5.82 Å². The van der Waals surface area contributed by atoms with Crippen molar-refractivity contribution in [3.63, 3.8) is 0 Å². The van der Waals surface area contributed by atoms with Crippen LogP contribution in [0, 0.1) is 17.7 Å². The summed E-state index contributed by atoms with van der Waals surface area (Å²) in [6.07, 6.45) is 5.48. The molecule has 0 atom stereocenters. The molecule has 0 amide bonds. The highest BCUT2D eigenvalue weighted by atomic mass is 19.1. The van der Waals surface area contributed by atoms with Crippen molar-refractivity contribution >= 4 is 22.9 Å². The molecule has 0 aliphatic rings.